The number of ether oxygens (including phenoxy) is 1. The van der Waals surface area contributed by atoms with Crippen LogP contribution in [0.4, 0.5) is 0 Å². The van der Waals surface area contributed by atoms with Crippen molar-refractivity contribution in [1.82, 2.24) is 0 Å². The Labute approximate surface area is 119 Å². The summed E-state index contributed by atoms with van der Waals surface area (Å²) in [6.45, 7) is 6.51. The van der Waals surface area contributed by atoms with Crippen molar-refractivity contribution in [3.63, 3.8) is 0 Å². The topological polar surface area (TPSA) is 49.7 Å². The molecule has 0 aliphatic heterocycles. The van der Waals surface area contributed by atoms with E-state index < -0.39 is 0 Å². The Morgan fingerprint density at radius 1 is 1.00 bits per heavy atom. The number of phenolic OH excluding ortho intramolecular Hbond substituents is 2. The largest absolute Gasteiger partial charge is 0.508 e. The fourth-order valence-electron chi connectivity index (χ4n) is 2.32. The Kier molecular flexibility index (Phi) is 4.18. The average molecular weight is 272 g/mol. The second kappa shape index (κ2) is 5.87. The molecule has 0 unspecified atom stereocenters. The first-order valence-electron chi connectivity index (χ1n) is 6.82. The molecular formula is C17H20O3. The molecule has 0 amide bonds. The predicted molar refractivity (Wildman–Crippen MR) is 80.5 cm³/mol. The van der Waals surface area contributed by atoms with Crippen LogP contribution in [0, 0.1) is 0 Å². The van der Waals surface area contributed by atoms with Crippen molar-refractivity contribution in [3.8, 4) is 28.4 Å². The Morgan fingerprint density at radius 3 is 2.20 bits per heavy atom. The molecule has 0 spiro atoms. The second-order valence-electron chi connectivity index (χ2n) is 5.01. The Hall–Kier alpha value is -2.16. The SMILES string of the molecule is CCOc1c(-c2ccc(O)cc2)ccc(O)c1C(C)C. The molecule has 2 aromatic carbocycles. The van der Waals surface area contributed by atoms with Crippen molar-refractivity contribution in [2.24, 2.45) is 0 Å². The number of aromatic hydroxyl groups is 2. The third-order valence-corrected chi connectivity index (χ3v) is 3.22. The summed E-state index contributed by atoms with van der Waals surface area (Å²) in [6.07, 6.45) is 0. The van der Waals surface area contributed by atoms with Crippen LogP contribution in [0.1, 0.15) is 32.3 Å². The molecule has 0 saturated heterocycles. The van der Waals surface area contributed by atoms with Crippen molar-refractivity contribution in [1.29, 1.82) is 0 Å². The summed E-state index contributed by atoms with van der Waals surface area (Å²) in [5.74, 6) is 1.36. The number of phenols is 2. The van der Waals surface area contributed by atoms with Gasteiger partial charge in [-0.3, -0.25) is 0 Å². The molecule has 0 aliphatic carbocycles. The number of hydrogen-bond donors (Lipinski definition) is 2. The molecule has 0 aromatic heterocycles. The van der Waals surface area contributed by atoms with Crippen LogP contribution in [0.3, 0.4) is 0 Å². The number of rotatable bonds is 4. The maximum Gasteiger partial charge on any atom is 0.134 e. The van der Waals surface area contributed by atoms with Crippen LogP contribution in [-0.4, -0.2) is 16.8 Å². The monoisotopic (exact) mass is 272 g/mol. The van der Waals surface area contributed by atoms with Crippen LogP contribution in [-0.2, 0) is 0 Å². The summed E-state index contributed by atoms with van der Waals surface area (Å²) >= 11 is 0. The smallest absolute Gasteiger partial charge is 0.134 e. The Balaban J connectivity index is 2.63. The molecule has 0 aliphatic rings. The molecule has 3 heteroatoms. The summed E-state index contributed by atoms with van der Waals surface area (Å²) < 4.78 is 5.77. The van der Waals surface area contributed by atoms with Gasteiger partial charge >= 0.3 is 0 Å². The third kappa shape index (κ3) is 2.72. The van der Waals surface area contributed by atoms with Gasteiger partial charge in [0.15, 0.2) is 0 Å². The van der Waals surface area contributed by atoms with Crippen molar-refractivity contribution < 1.29 is 14.9 Å². The minimum atomic E-state index is 0.161. The first-order valence-corrected chi connectivity index (χ1v) is 6.82. The summed E-state index contributed by atoms with van der Waals surface area (Å²) in [5.41, 5.74) is 2.69. The van der Waals surface area contributed by atoms with E-state index in [4.69, 9.17) is 4.74 Å². The van der Waals surface area contributed by atoms with Gasteiger partial charge in [0.05, 0.1) is 6.61 Å². The maximum absolute atomic E-state index is 10.1. The number of hydrogen-bond acceptors (Lipinski definition) is 3. The molecule has 0 bridgehead atoms. The zero-order chi connectivity index (χ0) is 14.7. The molecular weight excluding hydrogens is 252 g/mol. The van der Waals surface area contributed by atoms with Crippen LogP contribution >= 0.6 is 0 Å². The lowest BCUT2D eigenvalue weighted by Crippen LogP contribution is -2.01. The fraction of sp³-hybridized carbons (Fsp3) is 0.294. The van der Waals surface area contributed by atoms with E-state index in [1.54, 1.807) is 18.2 Å². The van der Waals surface area contributed by atoms with E-state index in [0.717, 1.165) is 16.7 Å². The van der Waals surface area contributed by atoms with Gasteiger partial charge in [-0.2, -0.15) is 0 Å². The van der Waals surface area contributed by atoms with Crippen LogP contribution in [0.25, 0.3) is 11.1 Å². The highest BCUT2D eigenvalue weighted by molar-refractivity contribution is 5.74. The average Bonchev–Trinajstić information content (AvgIpc) is 2.40. The van der Waals surface area contributed by atoms with Crippen molar-refractivity contribution in [2.45, 2.75) is 26.7 Å². The molecule has 0 atom stereocenters. The van der Waals surface area contributed by atoms with Gasteiger partial charge in [-0.15, -0.1) is 0 Å². The van der Waals surface area contributed by atoms with E-state index in [9.17, 15) is 10.2 Å². The predicted octanol–water partition coefficient (Wildman–Crippen LogP) is 4.29. The van der Waals surface area contributed by atoms with E-state index >= 15 is 0 Å². The second-order valence-corrected chi connectivity index (χ2v) is 5.01. The van der Waals surface area contributed by atoms with Crippen LogP contribution < -0.4 is 4.74 Å². The molecule has 2 N–H and O–H groups in total. The molecule has 0 fully saturated rings. The van der Waals surface area contributed by atoms with E-state index in [-0.39, 0.29) is 17.4 Å². The van der Waals surface area contributed by atoms with E-state index in [2.05, 4.69) is 0 Å². The van der Waals surface area contributed by atoms with Crippen LogP contribution in [0.2, 0.25) is 0 Å². The zero-order valence-electron chi connectivity index (χ0n) is 12.1. The highest BCUT2D eigenvalue weighted by atomic mass is 16.5. The molecule has 3 nitrogen and oxygen atoms in total. The first-order chi connectivity index (χ1) is 9.54. The lowest BCUT2D eigenvalue weighted by atomic mass is 9.94. The van der Waals surface area contributed by atoms with E-state index in [0.29, 0.717) is 12.4 Å². The maximum atomic E-state index is 10.1. The van der Waals surface area contributed by atoms with Crippen molar-refractivity contribution in [2.75, 3.05) is 6.61 Å². The highest BCUT2D eigenvalue weighted by Crippen LogP contribution is 2.42. The van der Waals surface area contributed by atoms with Crippen molar-refractivity contribution in [3.05, 3.63) is 42.0 Å². The quantitative estimate of drug-likeness (QED) is 0.873. The number of benzene rings is 2. The third-order valence-electron chi connectivity index (χ3n) is 3.22. The molecule has 0 heterocycles. The molecule has 0 saturated carbocycles. The molecule has 2 aromatic rings. The zero-order valence-corrected chi connectivity index (χ0v) is 12.1. The first kappa shape index (κ1) is 14.3. The minimum absolute atomic E-state index is 0.161. The standard InChI is InChI=1S/C17H20O3/c1-4-20-17-14(12-5-7-13(18)8-6-12)9-10-15(19)16(17)11(2)3/h5-11,18-19H,4H2,1-3H3. The Bertz CT molecular complexity index is 586. The van der Waals surface area contributed by atoms with Gasteiger partial charge in [0.1, 0.15) is 17.2 Å². The Morgan fingerprint density at radius 2 is 1.65 bits per heavy atom. The van der Waals surface area contributed by atoms with Gasteiger partial charge in [-0.25, -0.2) is 0 Å². The molecule has 2 rings (SSSR count). The van der Waals surface area contributed by atoms with Gasteiger partial charge in [0.2, 0.25) is 0 Å². The van der Waals surface area contributed by atoms with Crippen molar-refractivity contribution >= 4 is 0 Å². The van der Waals surface area contributed by atoms with E-state index in [1.165, 1.54) is 0 Å². The van der Waals surface area contributed by atoms with Gasteiger partial charge in [-0.05, 0) is 42.7 Å². The summed E-state index contributed by atoms with van der Waals surface area (Å²) in [5, 5.41) is 19.5. The van der Waals surface area contributed by atoms with E-state index in [1.807, 2.05) is 39.0 Å². The van der Waals surface area contributed by atoms with Crippen LogP contribution in [0.15, 0.2) is 36.4 Å². The summed E-state index contributed by atoms with van der Waals surface area (Å²) in [7, 11) is 0. The highest BCUT2D eigenvalue weighted by Gasteiger charge is 2.18. The fourth-order valence-corrected chi connectivity index (χ4v) is 2.32. The normalized spacial score (nSPS) is 10.8. The lowest BCUT2D eigenvalue weighted by Gasteiger charge is -2.19. The molecule has 0 radical (unpaired) electrons. The van der Waals surface area contributed by atoms with Gasteiger partial charge in [-0.1, -0.05) is 26.0 Å². The summed E-state index contributed by atoms with van der Waals surface area (Å²) in [6, 6.07) is 10.5. The van der Waals surface area contributed by atoms with Gasteiger partial charge < -0.3 is 14.9 Å². The molecule has 20 heavy (non-hydrogen) atoms. The lowest BCUT2D eigenvalue weighted by molar-refractivity contribution is 0.332. The van der Waals surface area contributed by atoms with Crippen LogP contribution in [0.5, 0.6) is 17.2 Å². The minimum Gasteiger partial charge on any atom is -0.508 e. The van der Waals surface area contributed by atoms with Gasteiger partial charge in [0, 0.05) is 11.1 Å². The molecule has 106 valence electrons. The summed E-state index contributed by atoms with van der Waals surface area (Å²) in [4.78, 5) is 0. The van der Waals surface area contributed by atoms with Gasteiger partial charge in [0.25, 0.3) is 0 Å².